The van der Waals surface area contributed by atoms with Crippen LogP contribution in [0, 0.1) is 11.8 Å². The lowest BCUT2D eigenvalue weighted by Gasteiger charge is -2.05. The van der Waals surface area contributed by atoms with E-state index in [0.717, 1.165) is 10.4 Å². The number of alkyl halides is 3. The highest BCUT2D eigenvalue weighted by atomic mass is 32.1. The summed E-state index contributed by atoms with van der Waals surface area (Å²) in [6, 6.07) is 1.85. The molecule has 0 aliphatic rings. The van der Waals surface area contributed by atoms with E-state index in [1.165, 1.54) is 11.3 Å². The minimum atomic E-state index is -4.11. The van der Waals surface area contributed by atoms with Crippen LogP contribution in [0.5, 0.6) is 0 Å². The maximum Gasteiger partial charge on any atom is 0.389 e. The van der Waals surface area contributed by atoms with Crippen LogP contribution in [0.4, 0.5) is 13.2 Å². The second-order valence-electron chi connectivity index (χ2n) is 3.85. The van der Waals surface area contributed by atoms with Gasteiger partial charge in [-0.3, -0.25) is 0 Å². The number of rotatable bonds is 6. The molecular formula is C13H15F3O2S. The number of hydrogen-bond donors (Lipinski definition) is 1. The Hall–Kier alpha value is -1.03. The van der Waals surface area contributed by atoms with Crippen molar-refractivity contribution in [2.75, 3.05) is 13.2 Å². The summed E-state index contributed by atoms with van der Waals surface area (Å²) >= 11 is 1.46. The summed E-state index contributed by atoms with van der Waals surface area (Å²) in [7, 11) is 0. The molecular weight excluding hydrogens is 277 g/mol. The van der Waals surface area contributed by atoms with Crippen molar-refractivity contribution in [3.63, 3.8) is 0 Å². The molecule has 1 N–H and O–H groups in total. The zero-order valence-corrected chi connectivity index (χ0v) is 11.1. The molecule has 0 saturated carbocycles. The van der Waals surface area contributed by atoms with E-state index in [2.05, 4.69) is 11.8 Å². The summed E-state index contributed by atoms with van der Waals surface area (Å²) < 4.78 is 40.8. The van der Waals surface area contributed by atoms with Crippen molar-refractivity contribution in [1.82, 2.24) is 0 Å². The van der Waals surface area contributed by atoms with Gasteiger partial charge in [0.05, 0.1) is 13.2 Å². The summed E-state index contributed by atoms with van der Waals surface area (Å²) in [5.74, 6) is 5.68. The van der Waals surface area contributed by atoms with Gasteiger partial charge in [-0.15, -0.1) is 11.3 Å². The lowest BCUT2D eigenvalue weighted by molar-refractivity contribution is -0.138. The van der Waals surface area contributed by atoms with Crippen molar-refractivity contribution >= 4 is 11.3 Å². The number of thiophene rings is 1. The fourth-order valence-electron chi connectivity index (χ4n) is 1.29. The Morgan fingerprint density at radius 2 is 2.16 bits per heavy atom. The Morgan fingerprint density at radius 1 is 1.37 bits per heavy atom. The second-order valence-corrected chi connectivity index (χ2v) is 4.84. The maximum absolute atomic E-state index is 11.9. The van der Waals surface area contributed by atoms with E-state index in [4.69, 9.17) is 9.84 Å². The average Bonchev–Trinajstić information content (AvgIpc) is 2.75. The van der Waals surface area contributed by atoms with Gasteiger partial charge in [-0.25, -0.2) is 0 Å². The Balaban J connectivity index is 2.22. The molecule has 0 saturated heterocycles. The van der Waals surface area contributed by atoms with Crippen LogP contribution in [0.2, 0.25) is 0 Å². The van der Waals surface area contributed by atoms with Crippen molar-refractivity contribution in [1.29, 1.82) is 0 Å². The van der Waals surface area contributed by atoms with E-state index in [1.807, 2.05) is 11.4 Å². The third-order valence-corrected chi connectivity index (χ3v) is 3.03. The average molecular weight is 292 g/mol. The molecule has 6 heteroatoms. The zero-order valence-electron chi connectivity index (χ0n) is 10.3. The minimum Gasteiger partial charge on any atom is -0.395 e. The minimum absolute atomic E-state index is 0.0158. The summed E-state index contributed by atoms with van der Waals surface area (Å²) in [5, 5.41) is 10.4. The van der Waals surface area contributed by atoms with Crippen LogP contribution >= 0.6 is 11.3 Å². The standard InChI is InChI=1S/C13H15F3O2S/c14-13(15,16)5-3-7-18-9-12-8-11(10-19-12)4-1-2-6-17/h8,10,17H,2-3,5-7,9H2. The van der Waals surface area contributed by atoms with E-state index in [9.17, 15) is 13.2 Å². The molecule has 0 amide bonds. The Kier molecular flexibility index (Phi) is 6.92. The van der Waals surface area contributed by atoms with E-state index in [0.29, 0.717) is 13.0 Å². The molecule has 2 nitrogen and oxygen atoms in total. The molecule has 0 fully saturated rings. The van der Waals surface area contributed by atoms with Crippen LogP contribution in [0.15, 0.2) is 11.4 Å². The number of ether oxygens (including phenoxy) is 1. The fourth-order valence-corrected chi connectivity index (χ4v) is 2.04. The van der Waals surface area contributed by atoms with E-state index in [1.54, 1.807) is 0 Å². The molecule has 0 radical (unpaired) electrons. The largest absolute Gasteiger partial charge is 0.395 e. The molecule has 0 atom stereocenters. The fraction of sp³-hybridized carbons (Fsp3) is 0.538. The lowest BCUT2D eigenvalue weighted by Crippen LogP contribution is -2.08. The first kappa shape index (κ1) is 16.0. The van der Waals surface area contributed by atoms with E-state index < -0.39 is 12.6 Å². The molecule has 0 bridgehead atoms. The normalized spacial score (nSPS) is 11.2. The highest BCUT2D eigenvalue weighted by Crippen LogP contribution is 2.21. The van der Waals surface area contributed by atoms with Crippen molar-refractivity contribution in [2.24, 2.45) is 0 Å². The smallest absolute Gasteiger partial charge is 0.389 e. The zero-order chi connectivity index (χ0) is 14.1. The van der Waals surface area contributed by atoms with Gasteiger partial charge >= 0.3 is 6.18 Å². The molecule has 0 aromatic carbocycles. The summed E-state index contributed by atoms with van der Waals surface area (Å²) in [6.45, 7) is 0.444. The molecule has 0 aliphatic carbocycles. The molecule has 1 heterocycles. The lowest BCUT2D eigenvalue weighted by atomic mass is 10.3. The van der Waals surface area contributed by atoms with Crippen LogP contribution in [0.3, 0.4) is 0 Å². The third-order valence-electron chi connectivity index (χ3n) is 2.12. The van der Waals surface area contributed by atoms with E-state index >= 15 is 0 Å². The first-order valence-corrected chi connectivity index (χ1v) is 6.71. The van der Waals surface area contributed by atoms with Crippen LogP contribution in [0.1, 0.15) is 29.7 Å². The SMILES string of the molecule is OCCC#Cc1csc(COCCCC(F)(F)F)c1. The topological polar surface area (TPSA) is 29.5 Å². The van der Waals surface area contributed by atoms with Gasteiger partial charge < -0.3 is 9.84 Å². The van der Waals surface area contributed by atoms with Gasteiger partial charge in [0.1, 0.15) is 0 Å². The van der Waals surface area contributed by atoms with Crippen molar-refractivity contribution in [3.05, 3.63) is 21.9 Å². The van der Waals surface area contributed by atoms with Gasteiger partial charge in [0.25, 0.3) is 0 Å². The molecule has 1 aromatic heterocycles. The number of aliphatic hydroxyl groups is 1. The Morgan fingerprint density at radius 3 is 2.84 bits per heavy atom. The van der Waals surface area contributed by atoms with Gasteiger partial charge in [-0.1, -0.05) is 11.8 Å². The highest BCUT2D eigenvalue weighted by Gasteiger charge is 2.25. The van der Waals surface area contributed by atoms with Crippen LogP contribution in [-0.2, 0) is 11.3 Å². The molecule has 0 spiro atoms. The Bertz CT molecular complexity index is 429. The molecule has 106 valence electrons. The predicted molar refractivity (Wildman–Crippen MR) is 67.8 cm³/mol. The molecule has 1 aromatic rings. The number of aliphatic hydroxyl groups excluding tert-OH is 1. The van der Waals surface area contributed by atoms with Gasteiger partial charge in [0, 0.05) is 35.3 Å². The Labute approximate surface area is 114 Å². The maximum atomic E-state index is 11.9. The first-order valence-electron chi connectivity index (χ1n) is 5.83. The molecule has 0 unspecified atom stereocenters. The molecule has 19 heavy (non-hydrogen) atoms. The van der Waals surface area contributed by atoms with Crippen LogP contribution in [0.25, 0.3) is 0 Å². The third kappa shape index (κ3) is 7.88. The van der Waals surface area contributed by atoms with Crippen molar-refractivity contribution in [2.45, 2.75) is 32.0 Å². The number of hydrogen-bond acceptors (Lipinski definition) is 3. The van der Waals surface area contributed by atoms with Crippen molar-refractivity contribution in [3.8, 4) is 11.8 Å². The summed E-state index contributed by atoms with van der Waals surface area (Å²) in [6.07, 6.45) is -4.51. The van der Waals surface area contributed by atoms with Gasteiger partial charge in [-0.05, 0) is 12.5 Å². The first-order chi connectivity index (χ1) is 9.01. The highest BCUT2D eigenvalue weighted by molar-refractivity contribution is 7.10. The van der Waals surface area contributed by atoms with Gasteiger partial charge in [0.2, 0.25) is 0 Å². The predicted octanol–water partition coefficient (Wildman–Crippen LogP) is 3.34. The second kappa shape index (κ2) is 8.20. The monoisotopic (exact) mass is 292 g/mol. The van der Waals surface area contributed by atoms with E-state index in [-0.39, 0.29) is 19.6 Å². The number of halogens is 3. The molecule has 0 aliphatic heterocycles. The van der Waals surface area contributed by atoms with Gasteiger partial charge in [-0.2, -0.15) is 13.2 Å². The summed E-state index contributed by atoms with van der Waals surface area (Å²) in [5.41, 5.74) is 0.840. The van der Waals surface area contributed by atoms with Crippen LogP contribution < -0.4 is 0 Å². The molecule has 1 rings (SSSR count). The quantitative estimate of drug-likeness (QED) is 0.643. The van der Waals surface area contributed by atoms with Gasteiger partial charge in [0.15, 0.2) is 0 Å². The van der Waals surface area contributed by atoms with Crippen LogP contribution in [-0.4, -0.2) is 24.5 Å². The summed E-state index contributed by atoms with van der Waals surface area (Å²) in [4.78, 5) is 0.931. The van der Waals surface area contributed by atoms with Crippen molar-refractivity contribution < 1.29 is 23.0 Å².